The minimum Gasteiger partial charge on any atom is -0.380 e. The van der Waals surface area contributed by atoms with E-state index in [0.29, 0.717) is 6.04 Å². The monoisotopic (exact) mass is 255 g/mol. The molecule has 0 fully saturated rings. The van der Waals surface area contributed by atoms with Gasteiger partial charge in [0.2, 0.25) is 0 Å². The molecule has 0 aromatic rings. The third-order valence-corrected chi connectivity index (χ3v) is 2.89. The highest BCUT2D eigenvalue weighted by Gasteiger charge is 2.23. The molecule has 18 heavy (non-hydrogen) atoms. The van der Waals surface area contributed by atoms with Crippen molar-refractivity contribution < 1.29 is 4.74 Å². The molecule has 4 heteroatoms. The van der Waals surface area contributed by atoms with Crippen LogP contribution in [0.2, 0.25) is 0 Å². The fourth-order valence-corrected chi connectivity index (χ4v) is 1.98. The van der Waals surface area contributed by atoms with E-state index in [1.807, 2.05) is 13.8 Å². The van der Waals surface area contributed by atoms with E-state index in [4.69, 9.17) is 4.74 Å². The van der Waals surface area contributed by atoms with Crippen molar-refractivity contribution in [1.82, 2.24) is 10.2 Å². The second kappa shape index (κ2) is 9.32. The van der Waals surface area contributed by atoms with Gasteiger partial charge in [0.05, 0.1) is 12.7 Å². The third-order valence-electron chi connectivity index (χ3n) is 2.89. The van der Waals surface area contributed by atoms with Gasteiger partial charge in [0, 0.05) is 19.2 Å². The van der Waals surface area contributed by atoms with Gasteiger partial charge in [0.15, 0.2) is 0 Å². The second-order valence-electron chi connectivity index (χ2n) is 5.35. The van der Waals surface area contributed by atoms with Crippen molar-refractivity contribution in [1.29, 1.82) is 5.26 Å². The van der Waals surface area contributed by atoms with Gasteiger partial charge in [-0.15, -0.1) is 0 Å². The van der Waals surface area contributed by atoms with Gasteiger partial charge in [-0.3, -0.25) is 5.32 Å². The van der Waals surface area contributed by atoms with Crippen LogP contribution in [0, 0.1) is 11.3 Å². The summed E-state index contributed by atoms with van der Waals surface area (Å²) < 4.78 is 5.32. The maximum Gasteiger partial charge on any atom is 0.104 e. The first kappa shape index (κ1) is 17.4. The number of rotatable bonds is 10. The number of nitrogens with one attached hydrogen (secondary N) is 1. The predicted molar refractivity (Wildman–Crippen MR) is 75.5 cm³/mol. The van der Waals surface area contributed by atoms with Gasteiger partial charge in [-0.25, -0.2) is 0 Å². The number of likely N-dealkylation sites (N-methyl/N-ethyl adjacent to an activating group) is 1. The third kappa shape index (κ3) is 8.46. The quantitative estimate of drug-likeness (QED) is 0.607. The van der Waals surface area contributed by atoms with Crippen LogP contribution in [-0.2, 0) is 4.74 Å². The van der Waals surface area contributed by atoms with Gasteiger partial charge in [-0.1, -0.05) is 0 Å². The first-order chi connectivity index (χ1) is 8.43. The summed E-state index contributed by atoms with van der Waals surface area (Å²) in [5.74, 6) is 0. The van der Waals surface area contributed by atoms with Gasteiger partial charge in [0.1, 0.15) is 5.54 Å². The summed E-state index contributed by atoms with van der Waals surface area (Å²) >= 11 is 0. The van der Waals surface area contributed by atoms with Gasteiger partial charge < -0.3 is 9.64 Å². The maximum atomic E-state index is 9.23. The molecule has 0 saturated carbocycles. The minimum absolute atomic E-state index is 0.338. The molecule has 0 spiro atoms. The molecule has 0 saturated heterocycles. The Labute approximate surface area is 112 Å². The zero-order valence-corrected chi connectivity index (χ0v) is 12.6. The van der Waals surface area contributed by atoms with E-state index < -0.39 is 5.54 Å². The van der Waals surface area contributed by atoms with Crippen LogP contribution >= 0.6 is 0 Å². The highest BCUT2D eigenvalue weighted by molar-refractivity contribution is 5.04. The Morgan fingerprint density at radius 2 is 2.06 bits per heavy atom. The number of nitriles is 1. The minimum atomic E-state index is -0.408. The van der Waals surface area contributed by atoms with Crippen molar-refractivity contribution in [3.8, 4) is 6.07 Å². The Balaban J connectivity index is 3.83. The Morgan fingerprint density at radius 3 is 2.56 bits per heavy atom. The van der Waals surface area contributed by atoms with E-state index in [1.54, 1.807) is 0 Å². The van der Waals surface area contributed by atoms with Gasteiger partial charge in [-0.2, -0.15) is 5.26 Å². The Bertz CT molecular complexity index is 250. The zero-order chi connectivity index (χ0) is 14.0. The Kier molecular flexibility index (Phi) is 8.99. The van der Waals surface area contributed by atoms with Crippen molar-refractivity contribution >= 4 is 0 Å². The molecule has 0 amide bonds. The summed E-state index contributed by atoms with van der Waals surface area (Å²) in [7, 11) is 2.10. The smallest absolute Gasteiger partial charge is 0.104 e. The molecule has 1 N–H and O–H groups in total. The Morgan fingerprint density at radius 1 is 1.39 bits per heavy atom. The summed E-state index contributed by atoms with van der Waals surface area (Å²) in [6.45, 7) is 11.7. The lowest BCUT2D eigenvalue weighted by Gasteiger charge is -2.27. The summed E-state index contributed by atoms with van der Waals surface area (Å²) in [5, 5.41) is 12.6. The van der Waals surface area contributed by atoms with Crippen LogP contribution in [0.15, 0.2) is 0 Å². The molecular weight excluding hydrogens is 226 g/mol. The molecule has 1 atom stereocenters. The molecule has 0 bridgehead atoms. The normalized spacial score (nSPS) is 14.8. The van der Waals surface area contributed by atoms with Crippen LogP contribution in [0.3, 0.4) is 0 Å². The van der Waals surface area contributed by atoms with Crippen LogP contribution < -0.4 is 5.32 Å². The molecule has 1 unspecified atom stereocenters. The van der Waals surface area contributed by atoms with Crippen LogP contribution in [0.5, 0.6) is 0 Å². The zero-order valence-electron chi connectivity index (χ0n) is 12.6. The van der Waals surface area contributed by atoms with Crippen LogP contribution in [0.25, 0.3) is 0 Å². The summed E-state index contributed by atoms with van der Waals surface area (Å²) in [4.78, 5) is 2.25. The van der Waals surface area contributed by atoms with Crippen molar-refractivity contribution in [3.05, 3.63) is 0 Å². The Hall–Kier alpha value is -0.630. The van der Waals surface area contributed by atoms with Gasteiger partial charge in [-0.05, 0) is 54.1 Å². The molecule has 106 valence electrons. The van der Waals surface area contributed by atoms with Crippen LogP contribution in [0.1, 0.15) is 40.5 Å². The highest BCUT2D eigenvalue weighted by atomic mass is 16.5. The number of hydrogen-bond acceptors (Lipinski definition) is 4. The predicted octanol–water partition coefficient (Wildman–Crippen LogP) is 2.02. The SMILES string of the molecule is CCOCCN(C)CCCC(C)(C#N)NC(C)C. The molecule has 0 aliphatic carbocycles. The molecule has 4 nitrogen and oxygen atoms in total. The van der Waals surface area contributed by atoms with E-state index in [1.165, 1.54) is 0 Å². The molecular formula is C14H29N3O. The van der Waals surface area contributed by atoms with Gasteiger partial charge in [0.25, 0.3) is 0 Å². The topological polar surface area (TPSA) is 48.3 Å². The summed E-state index contributed by atoms with van der Waals surface area (Å²) in [6, 6.07) is 2.72. The van der Waals surface area contributed by atoms with E-state index in [0.717, 1.165) is 39.1 Å². The van der Waals surface area contributed by atoms with E-state index in [2.05, 4.69) is 37.2 Å². The number of ether oxygens (including phenoxy) is 1. The molecule has 0 aromatic carbocycles. The molecule has 0 radical (unpaired) electrons. The van der Waals surface area contributed by atoms with Crippen LogP contribution in [0.4, 0.5) is 0 Å². The fourth-order valence-electron chi connectivity index (χ4n) is 1.98. The van der Waals surface area contributed by atoms with E-state index in [9.17, 15) is 5.26 Å². The lowest BCUT2D eigenvalue weighted by molar-refractivity contribution is 0.121. The molecule has 0 heterocycles. The van der Waals surface area contributed by atoms with E-state index in [-0.39, 0.29) is 0 Å². The average molecular weight is 255 g/mol. The second-order valence-corrected chi connectivity index (χ2v) is 5.35. The van der Waals surface area contributed by atoms with E-state index >= 15 is 0 Å². The van der Waals surface area contributed by atoms with Crippen molar-refractivity contribution in [3.63, 3.8) is 0 Å². The number of nitrogens with zero attached hydrogens (tertiary/aromatic N) is 2. The van der Waals surface area contributed by atoms with Crippen molar-refractivity contribution in [2.24, 2.45) is 0 Å². The average Bonchev–Trinajstić information content (AvgIpc) is 2.28. The molecule has 0 aliphatic heterocycles. The lowest BCUT2D eigenvalue weighted by Crippen LogP contribution is -2.45. The molecule has 0 aliphatic rings. The molecule has 0 rings (SSSR count). The first-order valence-corrected chi connectivity index (χ1v) is 6.88. The first-order valence-electron chi connectivity index (χ1n) is 6.88. The number of hydrogen-bond donors (Lipinski definition) is 1. The van der Waals surface area contributed by atoms with Gasteiger partial charge >= 0.3 is 0 Å². The van der Waals surface area contributed by atoms with Crippen LogP contribution in [-0.4, -0.2) is 49.8 Å². The maximum absolute atomic E-state index is 9.23. The molecule has 0 aromatic heterocycles. The largest absolute Gasteiger partial charge is 0.380 e. The lowest BCUT2D eigenvalue weighted by atomic mass is 9.96. The fraction of sp³-hybridized carbons (Fsp3) is 0.929. The summed E-state index contributed by atoms with van der Waals surface area (Å²) in [6.07, 6.45) is 1.90. The standard InChI is InChI=1S/C14H29N3O/c1-6-18-11-10-17(5)9-7-8-14(4,12-15)16-13(2)3/h13,16H,6-11H2,1-5H3. The van der Waals surface area contributed by atoms with Crippen molar-refractivity contribution in [2.75, 3.05) is 33.4 Å². The highest BCUT2D eigenvalue weighted by Crippen LogP contribution is 2.12. The summed E-state index contributed by atoms with van der Waals surface area (Å²) in [5.41, 5.74) is -0.408. The van der Waals surface area contributed by atoms with Crippen molar-refractivity contribution in [2.45, 2.75) is 52.1 Å².